The van der Waals surface area contributed by atoms with Crippen molar-refractivity contribution in [1.29, 1.82) is 0 Å². The van der Waals surface area contributed by atoms with Gasteiger partial charge in [-0.15, -0.1) is 0 Å². The van der Waals surface area contributed by atoms with Gasteiger partial charge in [0.05, 0.1) is 0 Å². The Bertz CT molecular complexity index is 310. The van der Waals surface area contributed by atoms with Crippen molar-refractivity contribution in [2.75, 3.05) is 0 Å². The van der Waals surface area contributed by atoms with Crippen LogP contribution in [0.4, 0.5) is 0 Å². The Balaban J connectivity index is 2.59. The summed E-state index contributed by atoms with van der Waals surface area (Å²) >= 11 is 0. The Kier molecular flexibility index (Phi) is 6.64. The molecule has 1 aromatic rings. The first kappa shape index (κ1) is 13.0. The highest BCUT2D eigenvalue weighted by Crippen LogP contribution is 2.14. The molecule has 0 N–H and O–H groups in total. The lowest BCUT2D eigenvalue weighted by Gasteiger charge is -2.04. The predicted molar refractivity (Wildman–Crippen MR) is 73.6 cm³/mol. The van der Waals surface area contributed by atoms with Crippen molar-refractivity contribution in [2.45, 2.75) is 52.4 Å². The second-order valence-corrected chi connectivity index (χ2v) is 4.35. The number of unbranched alkanes of at least 4 members (excludes halogenated alkanes) is 3. The maximum Gasteiger partial charge on any atom is -0.0228 e. The lowest BCUT2D eigenvalue weighted by molar-refractivity contribution is 0.793. The van der Waals surface area contributed by atoms with Crippen molar-refractivity contribution >= 4 is 6.08 Å². The van der Waals surface area contributed by atoms with Crippen LogP contribution in [-0.2, 0) is 6.42 Å². The molecule has 0 unspecified atom stereocenters. The molecule has 0 aliphatic heterocycles. The van der Waals surface area contributed by atoms with Crippen LogP contribution in [-0.4, -0.2) is 0 Å². The normalized spacial score (nSPS) is 11.1. The number of benzene rings is 1. The summed E-state index contributed by atoms with van der Waals surface area (Å²) in [4.78, 5) is 0. The van der Waals surface area contributed by atoms with Crippen LogP contribution in [0.5, 0.6) is 0 Å². The van der Waals surface area contributed by atoms with E-state index >= 15 is 0 Å². The maximum atomic E-state index is 2.31. The predicted octanol–water partition coefficient (Wildman–Crippen LogP) is 5.23. The smallest absolute Gasteiger partial charge is 0.0228 e. The zero-order valence-electron chi connectivity index (χ0n) is 10.7. The number of rotatable bonds is 7. The number of hydrogen-bond acceptors (Lipinski definition) is 0. The summed E-state index contributed by atoms with van der Waals surface area (Å²) in [5.41, 5.74) is 2.91. The van der Waals surface area contributed by atoms with Crippen molar-refractivity contribution in [2.24, 2.45) is 0 Å². The van der Waals surface area contributed by atoms with E-state index in [9.17, 15) is 0 Å². The van der Waals surface area contributed by atoms with Crippen molar-refractivity contribution in [3.05, 3.63) is 41.5 Å². The number of allylic oxidation sites excluding steroid dienone is 1. The summed E-state index contributed by atoms with van der Waals surface area (Å²) in [7, 11) is 0. The summed E-state index contributed by atoms with van der Waals surface area (Å²) in [6.45, 7) is 4.49. The summed E-state index contributed by atoms with van der Waals surface area (Å²) < 4.78 is 0. The minimum Gasteiger partial charge on any atom is -0.0839 e. The standard InChI is InChI=1S/C16H24/c1-3-5-7-8-12-16-14-10-9-13-15(16)11-6-4-2/h8-10,12-14H,3-7,11H2,1-2H3. The van der Waals surface area contributed by atoms with Crippen LogP contribution >= 0.6 is 0 Å². The largest absolute Gasteiger partial charge is 0.0839 e. The van der Waals surface area contributed by atoms with Crippen LogP contribution in [0.1, 0.15) is 57.1 Å². The van der Waals surface area contributed by atoms with E-state index in [1.807, 2.05) is 0 Å². The van der Waals surface area contributed by atoms with Crippen LogP contribution in [0.15, 0.2) is 30.3 Å². The van der Waals surface area contributed by atoms with Gasteiger partial charge in [0, 0.05) is 0 Å². The van der Waals surface area contributed by atoms with E-state index < -0.39 is 0 Å². The molecule has 0 fully saturated rings. The Morgan fingerprint density at radius 3 is 2.50 bits per heavy atom. The first-order valence-corrected chi connectivity index (χ1v) is 6.63. The van der Waals surface area contributed by atoms with Gasteiger partial charge in [0.15, 0.2) is 0 Å². The highest BCUT2D eigenvalue weighted by molar-refractivity contribution is 5.53. The molecule has 0 radical (unpaired) electrons. The Labute approximate surface area is 100 Å². The molecule has 0 saturated carbocycles. The zero-order valence-corrected chi connectivity index (χ0v) is 10.7. The van der Waals surface area contributed by atoms with Gasteiger partial charge in [-0.2, -0.15) is 0 Å². The van der Waals surface area contributed by atoms with E-state index in [2.05, 4.69) is 50.3 Å². The third-order valence-electron chi connectivity index (χ3n) is 2.88. The molecule has 0 aliphatic rings. The molecule has 0 aliphatic carbocycles. The van der Waals surface area contributed by atoms with Crippen molar-refractivity contribution in [3.8, 4) is 0 Å². The van der Waals surface area contributed by atoms with E-state index in [0.29, 0.717) is 0 Å². The van der Waals surface area contributed by atoms with Gasteiger partial charge in [0.1, 0.15) is 0 Å². The topological polar surface area (TPSA) is 0 Å². The third kappa shape index (κ3) is 4.65. The van der Waals surface area contributed by atoms with Crippen molar-refractivity contribution in [3.63, 3.8) is 0 Å². The SMILES string of the molecule is CCCCC=Cc1ccccc1CCCC. The molecule has 0 saturated heterocycles. The first-order chi connectivity index (χ1) is 7.88. The summed E-state index contributed by atoms with van der Waals surface area (Å²) in [6, 6.07) is 8.77. The Hall–Kier alpha value is -1.04. The summed E-state index contributed by atoms with van der Waals surface area (Å²) in [5, 5.41) is 0. The quantitative estimate of drug-likeness (QED) is 0.547. The highest BCUT2D eigenvalue weighted by atomic mass is 14.0. The zero-order chi connectivity index (χ0) is 11.6. The fourth-order valence-electron chi connectivity index (χ4n) is 1.82. The van der Waals surface area contributed by atoms with Crippen LogP contribution < -0.4 is 0 Å². The molecule has 0 heterocycles. The van der Waals surface area contributed by atoms with Crippen LogP contribution in [0.2, 0.25) is 0 Å². The van der Waals surface area contributed by atoms with Crippen molar-refractivity contribution < 1.29 is 0 Å². The van der Waals surface area contributed by atoms with Crippen molar-refractivity contribution in [1.82, 2.24) is 0 Å². The molecule has 0 nitrogen and oxygen atoms in total. The molecule has 0 atom stereocenters. The second-order valence-electron chi connectivity index (χ2n) is 4.35. The van der Waals surface area contributed by atoms with E-state index in [-0.39, 0.29) is 0 Å². The second kappa shape index (κ2) is 8.15. The molecule has 0 bridgehead atoms. The average molecular weight is 216 g/mol. The molecule has 0 amide bonds. The van der Waals surface area contributed by atoms with Gasteiger partial charge in [-0.25, -0.2) is 0 Å². The molecule has 1 rings (SSSR count). The fourth-order valence-corrected chi connectivity index (χ4v) is 1.82. The number of hydrogen-bond donors (Lipinski definition) is 0. The minimum absolute atomic E-state index is 1.21. The highest BCUT2D eigenvalue weighted by Gasteiger charge is 1.97. The van der Waals surface area contributed by atoms with Gasteiger partial charge in [0.25, 0.3) is 0 Å². The van der Waals surface area contributed by atoms with Gasteiger partial charge in [-0.3, -0.25) is 0 Å². The van der Waals surface area contributed by atoms with Gasteiger partial charge in [-0.1, -0.05) is 69.5 Å². The van der Waals surface area contributed by atoms with Gasteiger partial charge in [0.2, 0.25) is 0 Å². The monoisotopic (exact) mass is 216 g/mol. The maximum absolute atomic E-state index is 2.31. The van der Waals surface area contributed by atoms with Gasteiger partial charge < -0.3 is 0 Å². The molecular weight excluding hydrogens is 192 g/mol. The van der Waals surface area contributed by atoms with E-state index in [1.54, 1.807) is 0 Å². The number of aryl methyl sites for hydroxylation is 1. The minimum atomic E-state index is 1.21. The fraction of sp³-hybridized carbons (Fsp3) is 0.500. The Morgan fingerprint density at radius 1 is 1.00 bits per heavy atom. The molecule has 0 heteroatoms. The molecule has 1 aromatic carbocycles. The third-order valence-corrected chi connectivity index (χ3v) is 2.88. The first-order valence-electron chi connectivity index (χ1n) is 6.63. The van der Waals surface area contributed by atoms with Crippen LogP contribution in [0, 0.1) is 0 Å². The van der Waals surface area contributed by atoms with Gasteiger partial charge >= 0.3 is 0 Å². The van der Waals surface area contributed by atoms with E-state index in [4.69, 9.17) is 0 Å². The summed E-state index contributed by atoms with van der Waals surface area (Å²) in [5.74, 6) is 0. The molecule has 0 aromatic heterocycles. The Morgan fingerprint density at radius 2 is 1.75 bits per heavy atom. The summed E-state index contributed by atoms with van der Waals surface area (Å²) in [6.07, 6.45) is 12.2. The van der Waals surface area contributed by atoms with Gasteiger partial charge in [-0.05, 0) is 30.4 Å². The van der Waals surface area contributed by atoms with E-state index in [0.717, 1.165) is 0 Å². The lowest BCUT2D eigenvalue weighted by Crippen LogP contribution is -1.88. The molecule has 88 valence electrons. The molecule has 16 heavy (non-hydrogen) atoms. The van der Waals surface area contributed by atoms with E-state index in [1.165, 1.54) is 49.7 Å². The molecular formula is C16H24. The lowest BCUT2D eigenvalue weighted by atomic mass is 10.0. The average Bonchev–Trinajstić information content (AvgIpc) is 2.33. The van der Waals surface area contributed by atoms with Crippen LogP contribution in [0.3, 0.4) is 0 Å². The molecule has 0 spiro atoms. The van der Waals surface area contributed by atoms with Crippen LogP contribution in [0.25, 0.3) is 6.08 Å².